The van der Waals surface area contributed by atoms with Crippen molar-refractivity contribution in [1.29, 1.82) is 0 Å². The van der Waals surface area contributed by atoms with E-state index >= 15 is 0 Å². The van der Waals surface area contributed by atoms with Crippen molar-refractivity contribution in [2.75, 3.05) is 25.7 Å². The Labute approximate surface area is 224 Å². The van der Waals surface area contributed by atoms with Gasteiger partial charge in [0.15, 0.2) is 30.4 Å². The number of pyridine rings is 1. The number of aromatic nitrogens is 1. The monoisotopic (exact) mass is 561 g/mol. The molecule has 1 N–H and O–H groups in total. The van der Waals surface area contributed by atoms with Crippen molar-refractivity contribution in [3.63, 3.8) is 0 Å². The van der Waals surface area contributed by atoms with Gasteiger partial charge in [-0.1, -0.05) is 12.1 Å². The number of carbonyl (C=O) groups is 2. The van der Waals surface area contributed by atoms with Gasteiger partial charge in [-0.25, -0.2) is 9.47 Å². The van der Waals surface area contributed by atoms with Crippen molar-refractivity contribution in [3.05, 3.63) is 89.7 Å². The highest BCUT2D eigenvalue weighted by molar-refractivity contribution is 6.36. The van der Waals surface area contributed by atoms with E-state index in [0.717, 1.165) is 15.8 Å². The third kappa shape index (κ3) is 4.71. The van der Waals surface area contributed by atoms with Crippen LogP contribution in [0.25, 0.3) is 10.8 Å². The Hall–Kier alpha value is -4.08. The molecule has 1 aromatic heterocycles. The van der Waals surface area contributed by atoms with Crippen molar-refractivity contribution >= 4 is 40.2 Å². The summed E-state index contributed by atoms with van der Waals surface area (Å²) in [5.74, 6) is 0.0998. The molecule has 2 heterocycles. The third-order valence-electron chi connectivity index (χ3n) is 6.14. The first kappa shape index (κ1) is 26.0. The molecule has 0 saturated carbocycles. The van der Waals surface area contributed by atoms with Gasteiger partial charge in [-0.2, -0.15) is 0 Å². The average molecular weight is 562 g/mol. The van der Waals surface area contributed by atoms with E-state index in [1.807, 2.05) is 35.2 Å². The molecule has 4 aromatic rings. The Bertz CT molecular complexity index is 1500. The predicted octanol–water partition coefficient (Wildman–Crippen LogP) is 0.692. The number of aliphatic hydroxyl groups excluding tert-OH is 1. The average Bonchev–Trinajstić information content (AvgIpc) is 2.91. The van der Waals surface area contributed by atoms with Crippen LogP contribution in [0.3, 0.4) is 0 Å². The summed E-state index contributed by atoms with van der Waals surface area (Å²) in [6.07, 6.45) is 5.47. The van der Waals surface area contributed by atoms with Crippen LogP contribution in [0.15, 0.2) is 78.0 Å². The van der Waals surface area contributed by atoms with E-state index in [0.29, 0.717) is 45.9 Å². The minimum Gasteiger partial charge on any atom is -1.00 e. The predicted molar refractivity (Wildman–Crippen MR) is 136 cm³/mol. The number of aliphatic hydroxyl groups is 1. The van der Waals surface area contributed by atoms with Crippen molar-refractivity contribution < 1.29 is 45.7 Å². The summed E-state index contributed by atoms with van der Waals surface area (Å²) >= 11 is 0. The molecule has 3 aromatic carbocycles. The highest BCUT2D eigenvalue weighted by Crippen LogP contribution is 2.39. The highest BCUT2D eigenvalue weighted by Gasteiger charge is 2.34. The molecule has 0 atom stereocenters. The van der Waals surface area contributed by atoms with Gasteiger partial charge in [0.25, 0.3) is 11.8 Å². The summed E-state index contributed by atoms with van der Waals surface area (Å²) in [6, 6.07) is 17.6. The summed E-state index contributed by atoms with van der Waals surface area (Å²) in [5, 5.41) is 10.4. The van der Waals surface area contributed by atoms with E-state index in [1.165, 1.54) is 14.2 Å². The fraction of sp³-hybridized carbons (Fsp3) is 0.143. The zero-order valence-electron chi connectivity index (χ0n) is 20.2. The number of ether oxygens (including phenoxy) is 2. The number of anilines is 1. The zero-order valence-corrected chi connectivity index (χ0v) is 21.8. The number of halogens is 1. The van der Waals surface area contributed by atoms with Gasteiger partial charge in [-0.3, -0.25) is 14.6 Å². The van der Waals surface area contributed by atoms with Crippen LogP contribution in [0, 0.1) is 0 Å². The Morgan fingerprint density at radius 1 is 0.919 bits per heavy atom. The maximum Gasteiger partial charge on any atom is 0.265 e. The smallest absolute Gasteiger partial charge is 0.265 e. The van der Waals surface area contributed by atoms with E-state index in [2.05, 4.69) is 4.99 Å². The summed E-state index contributed by atoms with van der Waals surface area (Å²) in [4.78, 5) is 32.8. The lowest BCUT2D eigenvalue weighted by Gasteiger charge is -2.28. The number of amides is 2. The van der Waals surface area contributed by atoms with E-state index in [-0.39, 0.29) is 23.6 Å². The fourth-order valence-corrected chi connectivity index (χ4v) is 4.36. The molecule has 0 aliphatic carbocycles. The van der Waals surface area contributed by atoms with Gasteiger partial charge in [0, 0.05) is 51.9 Å². The molecule has 37 heavy (non-hydrogen) atoms. The first-order valence-electron chi connectivity index (χ1n) is 11.4. The number of methoxy groups -OCH3 is 2. The molecular formula is C28H24BrN3O5. The molecule has 0 saturated heterocycles. The second-order valence-electron chi connectivity index (χ2n) is 8.20. The van der Waals surface area contributed by atoms with E-state index in [9.17, 15) is 9.59 Å². The summed E-state index contributed by atoms with van der Waals surface area (Å²) < 4.78 is 12.5. The number of hydrogen-bond donors (Lipinski definition) is 1. The van der Waals surface area contributed by atoms with Gasteiger partial charge in [0.05, 0.1) is 25.6 Å². The van der Waals surface area contributed by atoms with Gasteiger partial charge in [-0.15, -0.1) is 0 Å². The molecule has 0 bridgehead atoms. The molecule has 0 radical (unpaired) electrons. The molecule has 0 spiro atoms. The number of benzene rings is 3. The molecule has 9 heteroatoms. The van der Waals surface area contributed by atoms with Crippen molar-refractivity contribution in [3.8, 4) is 11.5 Å². The van der Waals surface area contributed by atoms with Crippen LogP contribution in [0.5, 0.6) is 11.5 Å². The second-order valence-corrected chi connectivity index (χ2v) is 8.20. The first-order chi connectivity index (χ1) is 17.5. The molecule has 1 aliphatic heterocycles. The number of aliphatic imine (C=N–C) groups is 1. The van der Waals surface area contributed by atoms with E-state index < -0.39 is 11.8 Å². The standard InChI is InChI=1S/C28H24N3O5.BrH/c1-35-24-9-6-19(16-25(24)36-2)31-27(33)21-5-3-4-20-23(8-7-22(26(20)21)28(31)34)29-17-18-10-12-30(13-11-18)14-15-32;/h3-13,16-17,32H,14-15H2,1-2H3;1H/q+1;/p-1. The van der Waals surface area contributed by atoms with Crippen LogP contribution in [0.2, 0.25) is 0 Å². The van der Waals surface area contributed by atoms with Crippen LogP contribution in [0.4, 0.5) is 11.4 Å². The number of rotatable bonds is 7. The summed E-state index contributed by atoms with van der Waals surface area (Å²) in [5.41, 5.74) is 2.80. The Kier molecular flexibility index (Phi) is 7.66. The van der Waals surface area contributed by atoms with Gasteiger partial charge >= 0.3 is 0 Å². The van der Waals surface area contributed by atoms with Crippen LogP contribution >= 0.6 is 0 Å². The van der Waals surface area contributed by atoms with Crippen molar-refractivity contribution in [2.24, 2.45) is 4.99 Å². The lowest BCUT2D eigenvalue weighted by molar-refractivity contribution is -0.698. The Morgan fingerprint density at radius 2 is 1.62 bits per heavy atom. The largest absolute Gasteiger partial charge is 1.00 e. The van der Waals surface area contributed by atoms with Gasteiger partial charge < -0.3 is 31.6 Å². The second kappa shape index (κ2) is 10.9. The SMILES string of the molecule is COc1ccc(N2C(=O)c3cccc4c(N=Cc5cc[n+](CCO)cc5)ccc(c34)C2=O)cc1OC.[Br-]. The molecular weight excluding hydrogens is 538 g/mol. The number of nitrogens with zero attached hydrogens (tertiary/aromatic N) is 3. The van der Waals surface area contributed by atoms with Gasteiger partial charge in [-0.05, 0) is 30.3 Å². The normalized spacial score (nSPS) is 12.7. The van der Waals surface area contributed by atoms with Crippen LogP contribution < -0.4 is 35.9 Å². The fourth-order valence-electron chi connectivity index (χ4n) is 4.36. The first-order valence-corrected chi connectivity index (χ1v) is 11.4. The molecule has 2 amide bonds. The molecule has 0 fully saturated rings. The minimum absolute atomic E-state index is 0. The lowest BCUT2D eigenvalue weighted by Crippen LogP contribution is -3.00. The molecule has 8 nitrogen and oxygen atoms in total. The Morgan fingerprint density at radius 3 is 2.30 bits per heavy atom. The Balaban J connectivity index is 0.00000320. The van der Waals surface area contributed by atoms with Gasteiger partial charge in [0.2, 0.25) is 0 Å². The van der Waals surface area contributed by atoms with Crippen molar-refractivity contribution in [1.82, 2.24) is 0 Å². The van der Waals surface area contributed by atoms with E-state index in [4.69, 9.17) is 14.6 Å². The van der Waals surface area contributed by atoms with E-state index in [1.54, 1.807) is 48.7 Å². The maximum atomic E-state index is 13.5. The van der Waals surface area contributed by atoms with Crippen LogP contribution in [-0.2, 0) is 6.54 Å². The van der Waals surface area contributed by atoms with Crippen molar-refractivity contribution in [2.45, 2.75) is 6.54 Å². The topological polar surface area (TPSA) is 92.3 Å². The van der Waals surface area contributed by atoms with Crippen LogP contribution in [-0.4, -0.2) is 44.0 Å². The summed E-state index contributed by atoms with van der Waals surface area (Å²) in [6.45, 7) is 0.592. The quantitative estimate of drug-likeness (QED) is 0.204. The lowest BCUT2D eigenvalue weighted by atomic mass is 9.92. The van der Waals surface area contributed by atoms with Gasteiger partial charge in [0.1, 0.15) is 6.61 Å². The number of carbonyl (C=O) groups excluding carboxylic acids is 2. The molecule has 1 aliphatic rings. The molecule has 188 valence electrons. The summed E-state index contributed by atoms with van der Waals surface area (Å²) in [7, 11) is 3.03. The third-order valence-corrected chi connectivity index (χ3v) is 6.14. The maximum absolute atomic E-state index is 13.5. The number of hydrogen-bond acceptors (Lipinski definition) is 6. The zero-order chi connectivity index (χ0) is 25.2. The number of imide groups is 1. The molecule has 0 unspecified atom stereocenters. The minimum atomic E-state index is -0.414. The van der Waals surface area contributed by atoms with Crippen LogP contribution in [0.1, 0.15) is 26.3 Å². The molecule has 5 rings (SSSR count). The highest BCUT2D eigenvalue weighted by atomic mass is 79.9.